The van der Waals surface area contributed by atoms with E-state index in [1.54, 1.807) is 17.2 Å². The average molecular weight is 292 g/mol. The van der Waals surface area contributed by atoms with Gasteiger partial charge in [-0.25, -0.2) is 0 Å². The van der Waals surface area contributed by atoms with Crippen LogP contribution in [0.5, 0.6) is 0 Å². The summed E-state index contributed by atoms with van der Waals surface area (Å²) < 4.78 is 10.7. The van der Waals surface area contributed by atoms with Crippen LogP contribution < -0.4 is 5.32 Å². The standard InChI is InChI=1S/C15H20N2O4/c18-14-7-11(9-17(14)10-13-4-2-6-21-13)15(19)16-8-12-3-1-5-20-12/h2,4,6,11-12H,1,3,5,7-10H2,(H,16,19)/t11-,12-/m1/s1. The first kappa shape index (κ1) is 14.1. The molecular weight excluding hydrogens is 272 g/mol. The number of carbonyl (C=O) groups excluding carboxylic acids is 2. The van der Waals surface area contributed by atoms with Crippen molar-refractivity contribution in [2.45, 2.75) is 31.9 Å². The smallest absolute Gasteiger partial charge is 0.225 e. The fraction of sp³-hybridized carbons (Fsp3) is 0.600. The number of amides is 2. The van der Waals surface area contributed by atoms with Gasteiger partial charge in [0.05, 0.1) is 24.8 Å². The van der Waals surface area contributed by atoms with Crippen LogP contribution in [0.25, 0.3) is 0 Å². The molecule has 21 heavy (non-hydrogen) atoms. The van der Waals surface area contributed by atoms with E-state index < -0.39 is 0 Å². The van der Waals surface area contributed by atoms with E-state index in [2.05, 4.69) is 5.32 Å². The van der Waals surface area contributed by atoms with Gasteiger partial charge >= 0.3 is 0 Å². The van der Waals surface area contributed by atoms with Crippen LogP contribution in [0.2, 0.25) is 0 Å². The van der Waals surface area contributed by atoms with Crippen LogP contribution >= 0.6 is 0 Å². The Morgan fingerprint density at radius 3 is 3.10 bits per heavy atom. The molecule has 0 spiro atoms. The van der Waals surface area contributed by atoms with E-state index in [9.17, 15) is 9.59 Å². The van der Waals surface area contributed by atoms with Crippen LogP contribution in [0.3, 0.4) is 0 Å². The van der Waals surface area contributed by atoms with Gasteiger partial charge in [-0.05, 0) is 25.0 Å². The lowest BCUT2D eigenvalue weighted by Gasteiger charge is -2.16. The predicted octanol–water partition coefficient (Wildman–Crippen LogP) is 0.923. The molecule has 2 amide bonds. The van der Waals surface area contributed by atoms with Gasteiger partial charge in [0.1, 0.15) is 5.76 Å². The fourth-order valence-corrected chi connectivity index (χ4v) is 2.86. The summed E-state index contributed by atoms with van der Waals surface area (Å²) in [7, 11) is 0. The lowest BCUT2D eigenvalue weighted by atomic mass is 10.1. The number of likely N-dealkylation sites (tertiary alicyclic amines) is 1. The number of carbonyl (C=O) groups is 2. The van der Waals surface area contributed by atoms with Crippen LogP contribution in [0, 0.1) is 5.92 Å². The summed E-state index contributed by atoms with van der Waals surface area (Å²) in [6.07, 6.45) is 4.04. The third-order valence-corrected chi connectivity index (χ3v) is 4.04. The van der Waals surface area contributed by atoms with Gasteiger partial charge < -0.3 is 19.4 Å². The van der Waals surface area contributed by atoms with Gasteiger partial charge in [-0.3, -0.25) is 9.59 Å². The molecule has 0 aliphatic carbocycles. The zero-order valence-corrected chi connectivity index (χ0v) is 11.9. The molecule has 114 valence electrons. The summed E-state index contributed by atoms with van der Waals surface area (Å²) in [6.45, 7) is 2.21. The second kappa shape index (κ2) is 6.30. The highest BCUT2D eigenvalue weighted by Gasteiger charge is 2.34. The number of hydrogen-bond acceptors (Lipinski definition) is 4. The van der Waals surface area contributed by atoms with Gasteiger partial charge in [0.25, 0.3) is 0 Å². The molecule has 2 aliphatic rings. The lowest BCUT2D eigenvalue weighted by Crippen LogP contribution is -2.37. The maximum atomic E-state index is 12.1. The van der Waals surface area contributed by atoms with Crippen molar-refractivity contribution < 1.29 is 18.7 Å². The van der Waals surface area contributed by atoms with Crippen molar-refractivity contribution in [3.63, 3.8) is 0 Å². The van der Waals surface area contributed by atoms with Crippen molar-refractivity contribution in [3.05, 3.63) is 24.2 Å². The van der Waals surface area contributed by atoms with Crippen LogP contribution in [0.1, 0.15) is 25.0 Å². The Hall–Kier alpha value is -1.82. The molecule has 0 radical (unpaired) electrons. The van der Waals surface area contributed by atoms with Crippen LogP contribution in [0.15, 0.2) is 22.8 Å². The third-order valence-electron chi connectivity index (χ3n) is 4.04. The molecule has 2 saturated heterocycles. The molecule has 1 aromatic rings. The highest BCUT2D eigenvalue weighted by Crippen LogP contribution is 2.21. The van der Waals surface area contributed by atoms with Gasteiger partial charge in [-0.15, -0.1) is 0 Å². The SMILES string of the molecule is O=C(NC[C@H]1CCCO1)[C@@H]1CC(=O)N(Cc2ccco2)C1. The monoisotopic (exact) mass is 292 g/mol. The molecule has 0 aromatic carbocycles. The minimum absolute atomic E-state index is 0.00339. The molecule has 6 nitrogen and oxygen atoms in total. The Morgan fingerprint density at radius 2 is 2.38 bits per heavy atom. The summed E-state index contributed by atoms with van der Waals surface area (Å²) in [6, 6.07) is 3.62. The maximum Gasteiger partial charge on any atom is 0.225 e. The summed E-state index contributed by atoms with van der Waals surface area (Å²) >= 11 is 0. The topological polar surface area (TPSA) is 71.8 Å². The largest absolute Gasteiger partial charge is 0.467 e. The van der Waals surface area contributed by atoms with E-state index in [4.69, 9.17) is 9.15 Å². The van der Waals surface area contributed by atoms with Gasteiger partial charge in [-0.1, -0.05) is 0 Å². The first-order chi connectivity index (χ1) is 10.2. The Balaban J connectivity index is 1.47. The summed E-state index contributed by atoms with van der Waals surface area (Å²) in [4.78, 5) is 25.8. The lowest BCUT2D eigenvalue weighted by molar-refractivity contribution is -0.129. The Bertz CT molecular complexity index is 494. The fourth-order valence-electron chi connectivity index (χ4n) is 2.86. The molecule has 0 unspecified atom stereocenters. The summed E-state index contributed by atoms with van der Waals surface area (Å²) in [5.74, 6) is 0.419. The molecule has 0 bridgehead atoms. The van der Waals surface area contributed by atoms with Crippen molar-refractivity contribution in [1.29, 1.82) is 0 Å². The number of ether oxygens (including phenoxy) is 1. The van der Waals surface area contributed by atoms with E-state index >= 15 is 0 Å². The molecule has 6 heteroatoms. The van der Waals surface area contributed by atoms with E-state index in [1.165, 1.54) is 0 Å². The molecule has 1 aromatic heterocycles. The second-order valence-corrected chi connectivity index (χ2v) is 5.63. The normalized spacial score (nSPS) is 25.5. The minimum Gasteiger partial charge on any atom is -0.467 e. The molecule has 1 N–H and O–H groups in total. The van der Waals surface area contributed by atoms with Crippen molar-refractivity contribution in [3.8, 4) is 0 Å². The van der Waals surface area contributed by atoms with Crippen molar-refractivity contribution in [2.24, 2.45) is 5.92 Å². The third kappa shape index (κ3) is 3.44. The zero-order chi connectivity index (χ0) is 14.7. The van der Waals surface area contributed by atoms with E-state index in [-0.39, 0.29) is 30.3 Å². The Morgan fingerprint density at radius 1 is 1.48 bits per heavy atom. The van der Waals surface area contributed by atoms with Crippen LogP contribution in [0.4, 0.5) is 0 Å². The number of nitrogens with one attached hydrogen (secondary N) is 1. The summed E-state index contributed by atoms with van der Waals surface area (Å²) in [5, 5.41) is 2.90. The van der Waals surface area contributed by atoms with Crippen LogP contribution in [-0.2, 0) is 20.9 Å². The molecule has 3 rings (SSSR count). The molecule has 2 aliphatic heterocycles. The van der Waals surface area contributed by atoms with Gasteiger partial charge in [0.15, 0.2) is 0 Å². The van der Waals surface area contributed by atoms with Gasteiger partial charge in [0.2, 0.25) is 11.8 Å². The molecular formula is C15H20N2O4. The first-order valence-corrected chi connectivity index (χ1v) is 7.42. The quantitative estimate of drug-likeness (QED) is 0.876. The van der Waals surface area contributed by atoms with Gasteiger partial charge in [-0.2, -0.15) is 0 Å². The number of furan rings is 1. The number of nitrogens with zero attached hydrogens (tertiary/aromatic N) is 1. The van der Waals surface area contributed by atoms with Crippen molar-refractivity contribution in [2.75, 3.05) is 19.7 Å². The Labute approximate surface area is 123 Å². The maximum absolute atomic E-state index is 12.1. The predicted molar refractivity (Wildman–Crippen MR) is 74.2 cm³/mol. The minimum atomic E-state index is -0.270. The average Bonchev–Trinajstić information content (AvgIpc) is 3.20. The summed E-state index contributed by atoms with van der Waals surface area (Å²) in [5.41, 5.74) is 0. The van der Waals surface area contributed by atoms with E-state index in [0.29, 0.717) is 19.6 Å². The van der Waals surface area contributed by atoms with E-state index in [1.807, 2.05) is 6.07 Å². The number of hydrogen-bond donors (Lipinski definition) is 1. The van der Waals surface area contributed by atoms with Crippen LogP contribution in [-0.4, -0.2) is 42.5 Å². The highest BCUT2D eigenvalue weighted by molar-refractivity contribution is 5.89. The first-order valence-electron chi connectivity index (χ1n) is 7.42. The number of rotatable bonds is 5. The molecule has 2 fully saturated rings. The van der Waals surface area contributed by atoms with Crippen molar-refractivity contribution >= 4 is 11.8 Å². The zero-order valence-electron chi connectivity index (χ0n) is 11.9. The highest BCUT2D eigenvalue weighted by atomic mass is 16.5. The molecule has 3 heterocycles. The molecule has 0 saturated carbocycles. The second-order valence-electron chi connectivity index (χ2n) is 5.63. The molecule has 2 atom stereocenters. The van der Waals surface area contributed by atoms with Crippen molar-refractivity contribution in [1.82, 2.24) is 10.2 Å². The van der Waals surface area contributed by atoms with Gasteiger partial charge in [0, 0.05) is 26.1 Å². The van der Waals surface area contributed by atoms with E-state index in [0.717, 1.165) is 25.2 Å². The Kier molecular flexibility index (Phi) is 4.24.